The lowest BCUT2D eigenvalue weighted by atomic mass is 10.2. The highest BCUT2D eigenvalue weighted by atomic mass is 19.4. The number of alkyl halides is 3. The van der Waals surface area contributed by atoms with Gasteiger partial charge in [0.2, 0.25) is 0 Å². The Bertz CT molecular complexity index is 700. The molecule has 2 aromatic rings. The van der Waals surface area contributed by atoms with Gasteiger partial charge < -0.3 is 5.11 Å². The largest absolute Gasteiger partial charge is 0.465 e. The van der Waals surface area contributed by atoms with Crippen molar-refractivity contribution in [2.45, 2.75) is 12.7 Å². The highest BCUT2D eigenvalue weighted by Gasteiger charge is 2.32. The zero-order valence-corrected chi connectivity index (χ0v) is 11.5. The van der Waals surface area contributed by atoms with Gasteiger partial charge in [0.25, 0.3) is 0 Å². The molecule has 2 aromatic heterocycles. The Morgan fingerprint density at radius 1 is 1.17 bits per heavy atom. The van der Waals surface area contributed by atoms with Gasteiger partial charge in [0.1, 0.15) is 11.5 Å². The molecule has 0 fully saturated rings. The summed E-state index contributed by atoms with van der Waals surface area (Å²) in [4.78, 5) is 29.8. The Morgan fingerprint density at radius 2 is 1.91 bits per heavy atom. The summed E-state index contributed by atoms with van der Waals surface area (Å²) >= 11 is 0. The van der Waals surface area contributed by atoms with E-state index in [1.807, 2.05) is 0 Å². The smallest absolute Gasteiger partial charge is 0.433 e. The van der Waals surface area contributed by atoms with Gasteiger partial charge in [-0.25, -0.2) is 9.78 Å². The van der Waals surface area contributed by atoms with E-state index in [9.17, 15) is 27.9 Å². The minimum absolute atomic E-state index is 0.0444. The van der Waals surface area contributed by atoms with Crippen LogP contribution in [0.15, 0.2) is 36.7 Å². The van der Waals surface area contributed by atoms with Crippen molar-refractivity contribution in [2.75, 3.05) is 4.90 Å². The maximum Gasteiger partial charge on any atom is 0.433 e. The van der Waals surface area contributed by atoms with E-state index >= 15 is 0 Å². The van der Waals surface area contributed by atoms with E-state index in [1.54, 1.807) is 0 Å². The third kappa shape index (κ3) is 4.02. The highest BCUT2D eigenvalue weighted by Crippen LogP contribution is 2.27. The van der Waals surface area contributed by atoms with Gasteiger partial charge in [-0.15, -0.1) is 0 Å². The van der Waals surface area contributed by atoms with Gasteiger partial charge in [-0.3, -0.25) is 14.7 Å². The number of halogens is 3. The zero-order chi connectivity index (χ0) is 17.0. The molecular formula is C14H10F3N3O3. The van der Waals surface area contributed by atoms with E-state index in [1.165, 1.54) is 18.3 Å². The molecule has 1 N–H and O–H groups in total. The summed E-state index contributed by atoms with van der Waals surface area (Å²) in [7, 11) is 0. The van der Waals surface area contributed by atoms with Crippen LogP contribution in [0.4, 0.5) is 23.8 Å². The zero-order valence-electron chi connectivity index (χ0n) is 11.5. The van der Waals surface area contributed by atoms with Crippen LogP contribution < -0.4 is 4.90 Å². The molecule has 23 heavy (non-hydrogen) atoms. The van der Waals surface area contributed by atoms with Crippen LogP contribution in [0.5, 0.6) is 0 Å². The van der Waals surface area contributed by atoms with E-state index in [0.29, 0.717) is 6.29 Å². The number of pyridine rings is 2. The summed E-state index contributed by atoms with van der Waals surface area (Å²) in [6.07, 6.45) is -3.18. The average molecular weight is 325 g/mol. The van der Waals surface area contributed by atoms with Crippen LogP contribution in [0.1, 0.15) is 21.6 Å². The van der Waals surface area contributed by atoms with Gasteiger partial charge in [0.15, 0.2) is 6.29 Å². The average Bonchev–Trinajstić information content (AvgIpc) is 2.52. The molecule has 0 aromatic carbocycles. The van der Waals surface area contributed by atoms with Crippen molar-refractivity contribution in [1.29, 1.82) is 0 Å². The van der Waals surface area contributed by atoms with Crippen LogP contribution in [0.25, 0.3) is 0 Å². The van der Waals surface area contributed by atoms with Gasteiger partial charge in [0, 0.05) is 18.0 Å². The number of carbonyl (C=O) groups excluding carboxylic acids is 1. The van der Waals surface area contributed by atoms with E-state index in [4.69, 9.17) is 0 Å². The molecule has 0 saturated heterocycles. The van der Waals surface area contributed by atoms with Gasteiger partial charge in [-0.1, -0.05) is 6.07 Å². The maximum atomic E-state index is 12.4. The summed E-state index contributed by atoms with van der Waals surface area (Å²) in [5.74, 6) is 0.0444. The Balaban J connectivity index is 2.22. The quantitative estimate of drug-likeness (QED) is 0.874. The number of hydrogen-bond donors (Lipinski definition) is 1. The normalized spacial score (nSPS) is 11.1. The van der Waals surface area contributed by atoms with Crippen LogP contribution >= 0.6 is 0 Å². The standard InChI is InChI=1S/C14H10F3N3O3/c15-14(16,17)11-3-1-9(5-18-11)7-20(13(22)23)12-4-2-10(8-21)6-19-12/h1-6,8H,7H2,(H,22,23). The third-order valence-corrected chi connectivity index (χ3v) is 2.87. The number of nitrogens with zero attached hydrogens (tertiary/aromatic N) is 3. The first kappa shape index (κ1) is 16.4. The van der Waals surface area contributed by atoms with Crippen LogP contribution in [0.3, 0.4) is 0 Å². The van der Waals surface area contributed by atoms with Crippen molar-refractivity contribution >= 4 is 18.2 Å². The van der Waals surface area contributed by atoms with Gasteiger partial charge in [-0.05, 0) is 23.8 Å². The fourth-order valence-corrected chi connectivity index (χ4v) is 1.74. The minimum Gasteiger partial charge on any atom is -0.465 e. The van der Waals surface area contributed by atoms with Gasteiger partial charge in [-0.2, -0.15) is 13.2 Å². The second-order valence-electron chi connectivity index (χ2n) is 4.49. The monoisotopic (exact) mass is 325 g/mol. The number of rotatable bonds is 4. The van der Waals surface area contributed by atoms with Crippen LogP contribution in [0.2, 0.25) is 0 Å². The first-order valence-electron chi connectivity index (χ1n) is 6.25. The number of anilines is 1. The molecule has 0 atom stereocenters. The van der Waals surface area contributed by atoms with Crippen molar-refractivity contribution in [3.8, 4) is 0 Å². The molecule has 0 saturated carbocycles. The van der Waals surface area contributed by atoms with Crippen molar-refractivity contribution in [2.24, 2.45) is 0 Å². The first-order chi connectivity index (χ1) is 10.8. The molecule has 0 radical (unpaired) electrons. The van der Waals surface area contributed by atoms with Crippen molar-refractivity contribution in [1.82, 2.24) is 9.97 Å². The van der Waals surface area contributed by atoms with Gasteiger partial charge >= 0.3 is 12.3 Å². The molecule has 0 spiro atoms. The molecule has 0 aliphatic rings. The van der Waals surface area contributed by atoms with E-state index in [-0.39, 0.29) is 23.5 Å². The van der Waals surface area contributed by atoms with Crippen LogP contribution in [-0.4, -0.2) is 27.5 Å². The molecule has 0 aliphatic heterocycles. The Labute approximate surface area is 128 Å². The number of aromatic nitrogens is 2. The molecule has 2 heterocycles. The van der Waals surface area contributed by atoms with Crippen molar-refractivity contribution in [3.63, 3.8) is 0 Å². The van der Waals surface area contributed by atoms with Crippen LogP contribution in [-0.2, 0) is 12.7 Å². The lowest BCUT2D eigenvalue weighted by Gasteiger charge is -2.18. The minimum atomic E-state index is -4.56. The summed E-state index contributed by atoms with van der Waals surface area (Å²) in [6.45, 7) is -0.228. The number of amides is 1. The Morgan fingerprint density at radius 3 is 2.35 bits per heavy atom. The lowest BCUT2D eigenvalue weighted by Crippen LogP contribution is -2.29. The predicted octanol–water partition coefficient (Wildman–Crippen LogP) is 2.99. The van der Waals surface area contributed by atoms with Crippen LogP contribution in [0, 0.1) is 0 Å². The number of hydrogen-bond acceptors (Lipinski definition) is 4. The third-order valence-electron chi connectivity index (χ3n) is 2.87. The first-order valence-corrected chi connectivity index (χ1v) is 6.25. The summed E-state index contributed by atoms with van der Waals surface area (Å²) in [6, 6.07) is 4.63. The summed E-state index contributed by atoms with van der Waals surface area (Å²) < 4.78 is 37.3. The fraction of sp³-hybridized carbons (Fsp3) is 0.143. The molecule has 9 heteroatoms. The number of carbonyl (C=O) groups is 2. The SMILES string of the molecule is O=Cc1ccc(N(Cc2ccc(C(F)(F)F)nc2)C(=O)O)nc1. The lowest BCUT2D eigenvalue weighted by molar-refractivity contribution is -0.141. The second kappa shape index (κ2) is 6.42. The molecule has 2 rings (SSSR count). The second-order valence-corrected chi connectivity index (χ2v) is 4.49. The molecular weight excluding hydrogens is 315 g/mol. The number of carboxylic acid groups (broad SMARTS) is 1. The topological polar surface area (TPSA) is 83.4 Å². The van der Waals surface area contributed by atoms with E-state index < -0.39 is 18.0 Å². The maximum absolute atomic E-state index is 12.4. The molecule has 1 amide bonds. The molecule has 120 valence electrons. The molecule has 0 unspecified atom stereocenters. The molecule has 6 nitrogen and oxygen atoms in total. The molecule has 0 bridgehead atoms. The van der Waals surface area contributed by atoms with Crippen molar-refractivity contribution in [3.05, 3.63) is 53.5 Å². The fourth-order valence-electron chi connectivity index (χ4n) is 1.74. The van der Waals surface area contributed by atoms with Gasteiger partial charge in [0.05, 0.1) is 6.54 Å². The number of aldehydes is 1. The summed E-state index contributed by atoms with van der Waals surface area (Å²) in [5.41, 5.74) is -0.520. The molecule has 0 aliphatic carbocycles. The Hall–Kier alpha value is -2.97. The van der Waals surface area contributed by atoms with Crippen molar-refractivity contribution < 1.29 is 27.9 Å². The van der Waals surface area contributed by atoms with E-state index in [0.717, 1.165) is 23.2 Å². The highest BCUT2D eigenvalue weighted by molar-refractivity contribution is 5.85. The summed E-state index contributed by atoms with van der Waals surface area (Å²) in [5, 5.41) is 9.21. The predicted molar refractivity (Wildman–Crippen MR) is 73.1 cm³/mol. The Kier molecular flexibility index (Phi) is 4.58. The van der Waals surface area contributed by atoms with E-state index in [2.05, 4.69) is 9.97 Å².